The number of pyridine rings is 1. The van der Waals surface area contributed by atoms with Gasteiger partial charge in [0.25, 0.3) is 0 Å². The highest BCUT2D eigenvalue weighted by Crippen LogP contribution is 2.38. The zero-order valence-corrected chi connectivity index (χ0v) is 15.2. The van der Waals surface area contributed by atoms with Crippen LogP contribution in [0.5, 0.6) is 0 Å². The molecule has 0 radical (unpaired) electrons. The summed E-state index contributed by atoms with van der Waals surface area (Å²) >= 11 is 0. The Kier molecular flexibility index (Phi) is 4.95. The molecule has 0 bridgehead atoms. The van der Waals surface area contributed by atoms with Crippen LogP contribution in [0.4, 0.5) is 0 Å². The molecule has 1 aliphatic heterocycles. The Morgan fingerprint density at radius 1 is 1.21 bits per heavy atom. The molecule has 3 unspecified atom stereocenters. The molecule has 0 aromatic carbocycles. The van der Waals surface area contributed by atoms with Gasteiger partial charge in [-0.05, 0) is 50.7 Å². The predicted octanol–water partition coefficient (Wildman–Crippen LogP) is 2.48. The molecule has 2 aliphatic rings. The largest absolute Gasteiger partial charge is 0.327 e. The van der Waals surface area contributed by atoms with E-state index in [4.69, 9.17) is 10.8 Å². The van der Waals surface area contributed by atoms with Crippen LogP contribution in [0.3, 0.4) is 0 Å². The van der Waals surface area contributed by atoms with Gasteiger partial charge in [-0.25, -0.2) is 9.67 Å². The fourth-order valence-corrected chi connectivity index (χ4v) is 4.36. The van der Waals surface area contributed by atoms with Gasteiger partial charge in [0.15, 0.2) is 5.82 Å². The Labute approximate surface area is 149 Å². The van der Waals surface area contributed by atoms with E-state index in [1.807, 2.05) is 29.1 Å². The number of rotatable bonds is 3. The standard InChI is InChI=1S/C18H25N5.ClH/c1-12-15(10-22-9-14-6-7-17(19)16(14)11-22)13(2)23(21-12)18-5-3-4-8-20-18;/h3-5,8,14,16-17H,6-7,9-11,19H2,1-2H3;1H. The Bertz CT molecular complexity index is 699. The molecular formula is C18H26ClN5. The number of nitrogens with two attached hydrogens (primary N) is 1. The molecule has 24 heavy (non-hydrogen) atoms. The van der Waals surface area contributed by atoms with E-state index in [2.05, 4.69) is 23.7 Å². The second-order valence-corrected chi connectivity index (χ2v) is 7.11. The van der Waals surface area contributed by atoms with Gasteiger partial charge in [0, 0.05) is 43.1 Å². The van der Waals surface area contributed by atoms with Crippen molar-refractivity contribution in [1.82, 2.24) is 19.7 Å². The zero-order chi connectivity index (χ0) is 16.0. The van der Waals surface area contributed by atoms with Crippen molar-refractivity contribution in [3.8, 4) is 5.82 Å². The van der Waals surface area contributed by atoms with Gasteiger partial charge in [0.1, 0.15) is 0 Å². The first-order chi connectivity index (χ1) is 11.1. The number of hydrogen-bond donors (Lipinski definition) is 1. The van der Waals surface area contributed by atoms with Crippen molar-refractivity contribution in [1.29, 1.82) is 0 Å². The van der Waals surface area contributed by atoms with Crippen LogP contribution in [0.15, 0.2) is 24.4 Å². The lowest BCUT2D eigenvalue weighted by atomic mass is 9.98. The monoisotopic (exact) mass is 347 g/mol. The number of aryl methyl sites for hydroxylation is 1. The molecule has 5 nitrogen and oxygen atoms in total. The highest BCUT2D eigenvalue weighted by atomic mass is 35.5. The lowest BCUT2D eigenvalue weighted by Gasteiger charge is -2.18. The third kappa shape index (κ3) is 2.96. The van der Waals surface area contributed by atoms with Crippen molar-refractivity contribution in [2.24, 2.45) is 17.6 Å². The molecule has 0 amide bonds. The van der Waals surface area contributed by atoms with Gasteiger partial charge in [-0.3, -0.25) is 4.90 Å². The summed E-state index contributed by atoms with van der Waals surface area (Å²) in [5.74, 6) is 2.39. The molecule has 0 spiro atoms. The maximum atomic E-state index is 6.26. The van der Waals surface area contributed by atoms with Gasteiger partial charge >= 0.3 is 0 Å². The summed E-state index contributed by atoms with van der Waals surface area (Å²) in [6.45, 7) is 7.55. The lowest BCUT2D eigenvalue weighted by Crippen LogP contribution is -2.30. The minimum Gasteiger partial charge on any atom is -0.327 e. The van der Waals surface area contributed by atoms with Gasteiger partial charge in [-0.15, -0.1) is 12.4 Å². The fraction of sp³-hybridized carbons (Fsp3) is 0.556. The van der Waals surface area contributed by atoms with Crippen LogP contribution in [-0.2, 0) is 6.54 Å². The average Bonchev–Trinajstić information content (AvgIpc) is 3.19. The summed E-state index contributed by atoms with van der Waals surface area (Å²) in [6.07, 6.45) is 4.32. The van der Waals surface area contributed by atoms with E-state index < -0.39 is 0 Å². The predicted molar refractivity (Wildman–Crippen MR) is 97.5 cm³/mol. The van der Waals surface area contributed by atoms with Crippen LogP contribution in [0.1, 0.15) is 29.8 Å². The summed E-state index contributed by atoms with van der Waals surface area (Å²) in [6, 6.07) is 6.34. The van der Waals surface area contributed by atoms with Crippen LogP contribution in [0, 0.1) is 25.7 Å². The number of hydrogen-bond acceptors (Lipinski definition) is 4. The van der Waals surface area contributed by atoms with E-state index in [0.717, 1.165) is 30.5 Å². The van der Waals surface area contributed by atoms with E-state index in [-0.39, 0.29) is 12.4 Å². The minimum atomic E-state index is 0. The van der Waals surface area contributed by atoms with Gasteiger partial charge in [-0.2, -0.15) is 5.10 Å². The molecule has 1 saturated heterocycles. The normalized spacial score (nSPS) is 26.4. The summed E-state index contributed by atoms with van der Waals surface area (Å²) in [5, 5.41) is 4.71. The van der Waals surface area contributed by atoms with Crippen molar-refractivity contribution in [3.63, 3.8) is 0 Å². The second kappa shape index (κ2) is 6.82. The number of halogens is 1. The molecule has 4 rings (SSSR count). The highest BCUT2D eigenvalue weighted by Gasteiger charge is 2.41. The van der Waals surface area contributed by atoms with Crippen molar-refractivity contribution in [2.45, 2.75) is 39.3 Å². The molecular weight excluding hydrogens is 322 g/mol. The molecule has 2 aromatic heterocycles. The third-order valence-corrected chi connectivity index (χ3v) is 5.68. The first-order valence-corrected chi connectivity index (χ1v) is 8.58. The molecule has 1 aliphatic carbocycles. The molecule has 2 fully saturated rings. The van der Waals surface area contributed by atoms with E-state index in [0.29, 0.717) is 12.0 Å². The fourth-order valence-electron chi connectivity index (χ4n) is 4.36. The first-order valence-electron chi connectivity index (χ1n) is 8.58. The first kappa shape index (κ1) is 17.4. The number of nitrogens with zero attached hydrogens (tertiary/aromatic N) is 4. The van der Waals surface area contributed by atoms with Crippen LogP contribution >= 0.6 is 12.4 Å². The van der Waals surface area contributed by atoms with Crippen LogP contribution < -0.4 is 5.73 Å². The highest BCUT2D eigenvalue weighted by molar-refractivity contribution is 5.85. The van der Waals surface area contributed by atoms with Crippen molar-refractivity contribution in [2.75, 3.05) is 13.1 Å². The Morgan fingerprint density at radius 2 is 2.04 bits per heavy atom. The minimum absolute atomic E-state index is 0. The molecule has 1 saturated carbocycles. The number of fused-ring (bicyclic) bond motifs is 1. The van der Waals surface area contributed by atoms with Crippen molar-refractivity contribution >= 4 is 12.4 Å². The molecule has 3 atom stereocenters. The third-order valence-electron chi connectivity index (χ3n) is 5.68. The SMILES string of the molecule is Cc1nn(-c2ccccn2)c(C)c1CN1CC2CCC(N)C2C1.Cl. The van der Waals surface area contributed by atoms with E-state index in [9.17, 15) is 0 Å². The molecule has 2 N–H and O–H groups in total. The van der Waals surface area contributed by atoms with E-state index in [1.165, 1.54) is 30.6 Å². The van der Waals surface area contributed by atoms with Crippen LogP contribution in [0.25, 0.3) is 5.82 Å². The van der Waals surface area contributed by atoms with E-state index >= 15 is 0 Å². The summed E-state index contributed by atoms with van der Waals surface area (Å²) in [4.78, 5) is 6.99. The summed E-state index contributed by atoms with van der Waals surface area (Å²) in [7, 11) is 0. The number of aromatic nitrogens is 3. The maximum absolute atomic E-state index is 6.26. The van der Waals surface area contributed by atoms with Gasteiger partial charge in [0.05, 0.1) is 5.69 Å². The lowest BCUT2D eigenvalue weighted by molar-refractivity contribution is 0.297. The Balaban J connectivity index is 0.00000169. The molecule has 3 heterocycles. The van der Waals surface area contributed by atoms with Gasteiger partial charge in [0.2, 0.25) is 0 Å². The molecule has 2 aromatic rings. The average molecular weight is 348 g/mol. The Hall–Kier alpha value is -1.43. The molecule has 6 heteroatoms. The zero-order valence-electron chi connectivity index (χ0n) is 14.4. The van der Waals surface area contributed by atoms with E-state index in [1.54, 1.807) is 0 Å². The smallest absolute Gasteiger partial charge is 0.153 e. The van der Waals surface area contributed by atoms with Crippen LogP contribution in [-0.4, -0.2) is 38.8 Å². The topological polar surface area (TPSA) is 60.0 Å². The number of likely N-dealkylation sites (tertiary alicyclic amines) is 1. The summed E-state index contributed by atoms with van der Waals surface area (Å²) < 4.78 is 1.97. The van der Waals surface area contributed by atoms with Crippen molar-refractivity contribution in [3.05, 3.63) is 41.3 Å². The Morgan fingerprint density at radius 3 is 2.75 bits per heavy atom. The summed E-state index contributed by atoms with van der Waals surface area (Å²) in [5.41, 5.74) is 9.90. The van der Waals surface area contributed by atoms with Crippen LogP contribution in [0.2, 0.25) is 0 Å². The quantitative estimate of drug-likeness (QED) is 0.926. The van der Waals surface area contributed by atoms with Crippen molar-refractivity contribution < 1.29 is 0 Å². The maximum Gasteiger partial charge on any atom is 0.153 e. The van der Waals surface area contributed by atoms with Gasteiger partial charge in [-0.1, -0.05) is 6.07 Å². The van der Waals surface area contributed by atoms with Gasteiger partial charge < -0.3 is 5.73 Å². The molecule has 130 valence electrons. The second-order valence-electron chi connectivity index (χ2n) is 7.11.